The highest BCUT2D eigenvalue weighted by molar-refractivity contribution is 5.31. The minimum atomic E-state index is 0.452. The lowest BCUT2D eigenvalue weighted by Gasteiger charge is -2.04. The molecule has 0 spiro atoms. The molecule has 0 amide bonds. The van der Waals surface area contributed by atoms with Gasteiger partial charge in [0.2, 0.25) is 0 Å². The third-order valence-electron chi connectivity index (χ3n) is 3.87. The van der Waals surface area contributed by atoms with Crippen LogP contribution in [0.15, 0.2) is 24.3 Å². The standard InChI is InChI=1S/C15H24O.C4H8O/c1-2-3-4-5-6-7-8-11-14-12-9-10-13-15(14)16;1-2-4-5-3-1/h9-10,12-13,16H,2-8,11H2,1H3;1-4H2. The summed E-state index contributed by atoms with van der Waals surface area (Å²) >= 11 is 0. The topological polar surface area (TPSA) is 29.5 Å². The molecule has 0 bridgehead atoms. The van der Waals surface area contributed by atoms with E-state index in [-0.39, 0.29) is 0 Å². The molecule has 0 radical (unpaired) electrons. The van der Waals surface area contributed by atoms with Gasteiger partial charge < -0.3 is 9.84 Å². The number of unbranched alkanes of at least 4 members (excludes halogenated alkanes) is 6. The van der Waals surface area contributed by atoms with Gasteiger partial charge in [0.25, 0.3) is 0 Å². The molecule has 1 N–H and O–H groups in total. The van der Waals surface area contributed by atoms with E-state index < -0.39 is 0 Å². The van der Waals surface area contributed by atoms with E-state index in [1.54, 1.807) is 6.07 Å². The maximum absolute atomic E-state index is 9.58. The van der Waals surface area contributed by atoms with Crippen LogP contribution in [0.5, 0.6) is 5.75 Å². The Kier molecular flexibility index (Phi) is 10.9. The fourth-order valence-electron chi connectivity index (χ4n) is 2.51. The highest BCUT2D eigenvalue weighted by Gasteiger charge is 1.98. The van der Waals surface area contributed by atoms with Crippen LogP contribution in [-0.4, -0.2) is 18.3 Å². The van der Waals surface area contributed by atoms with E-state index in [0.29, 0.717) is 5.75 Å². The van der Waals surface area contributed by atoms with Crippen LogP contribution in [0.2, 0.25) is 0 Å². The lowest BCUT2D eigenvalue weighted by Crippen LogP contribution is -1.87. The zero-order valence-corrected chi connectivity index (χ0v) is 13.7. The van der Waals surface area contributed by atoms with Gasteiger partial charge in [-0.1, -0.05) is 63.6 Å². The van der Waals surface area contributed by atoms with Gasteiger partial charge in [-0.05, 0) is 37.3 Å². The molecule has 0 unspecified atom stereocenters. The fourth-order valence-corrected chi connectivity index (χ4v) is 2.51. The second kappa shape index (κ2) is 12.7. The first-order valence-corrected chi connectivity index (χ1v) is 8.69. The molecule has 1 aromatic rings. The number of phenolic OH excluding ortho intramolecular Hbond substituents is 1. The molecule has 2 heteroatoms. The molecule has 1 aromatic carbocycles. The number of para-hydroxylation sites is 1. The van der Waals surface area contributed by atoms with Gasteiger partial charge in [-0.2, -0.15) is 0 Å². The van der Waals surface area contributed by atoms with Crippen molar-refractivity contribution >= 4 is 0 Å². The average molecular weight is 292 g/mol. The largest absolute Gasteiger partial charge is 0.508 e. The Morgan fingerprint density at radius 3 is 2.10 bits per heavy atom. The van der Waals surface area contributed by atoms with Crippen molar-refractivity contribution in [1.82, 2.24) is 0 Å². The minimum absolute atomic E-state index is 0.452. The van der Waals surface area contributed by atoms with Gasteiger partial charge in [-0.3, -0.25) is 0 Å². The quantitative estimate of drug-likeness (QED) is 0.643. The summed E-state index contributed by atoms with van der Waals surface area (Å²) in [4.78, 5) is 0. The summed E-state index contributed by atoms with van der Waals surface area (Å²) in [5.74, 6) is 0.452. The van der Waals surface area contributed by atoms with E-state index >= 15 is 0 Å². The number of rotatable bonds is 8. The zero-order valence-electron chi connectivity index (χ0n) is 13.7. The van der Waals surface area contributed by atoms with E-state index in [1.165, 1.54) is 57.8 Å². The molecule has 0 atom stereocenters. The van der Waals surface area contributed by atoms with Crippen molar-refractivity contribution < 1.29 is 9.84 Å². The first-order valence-electron chi connectivity index (χ1n) is 8.69. The number of aromatic hydroxyl groups is 1. The van der Waals surface area contributed by atoms with Crippen LogP contribution in [-0.2, 0) is 11.2 Å². The molecular formula is C19H32O2. The molecule has 1 saturated heterocycles. The predicted octanol–water partition coefficient (Wildman–Crippen LogP) is 5.48. The van der Waals surface area contributed by atoms with Gasteiger partial charge in [-0.15, -0.1) is 0 Å². The van der Waals surface area contributed by atoms with Gasteiger partial charge >= 0.3 is 0 Å². The Labute approximate surface area is 130 Å². The molecule has 120 valence electrons. The van der Waals surface area contributed by atoms with Crippen LogP contribution in [0.4, 0.5) is 0 Å². The lowest BCUT2D eigenvalue weighted by molar-refractivity contribution is 0.198. The highest BCUT2D eigenvalue weighted by atomic mass is 16.5. The minimum Gasteiger partial charge on any atom is -0.508 e. The van der Waals surface area contributed by atoms with Gasteiger partial charge in [-0.25, -0.2) is 0 Å². The zero-order chi connectivity index (χ0) is 15.2. The first kappa shape index (κ1) is 18.0. The van der Waals surface area contributed by atoms with Crippen LogP contribution >= 0.6 is 0 Å². The Morgan fingerprint density at radius 1 is 0.905 bits per heavy atom. The van der Waals surface area contributed by atoms with Crippen molar-refractivity contribution in [3.63, 3.8) is 0 Å². The molecule has 2 nitrogen and oxygen atoms in total. The molecule has 1 aliphatic heterocycles. The van der Waals surface area contributed by atoms with Crippen molar-refractivity contribution in [1.29, 1.82) is 0 Å². The molecule has 1 fully saturated rings. The third kappa shape index (κ3) is 9.52. The van der Waals surface area contributed by atoms with Gasteiger partial charge in [0.05, 0.1) is 0 Å². The smallest absolute Gasteiger partial charge is 0.118 e. The van der Waals surface area contributed by atoms with Crippen molar-refractivity contribution in [2.75, 3.05) is 13.2 Å². The first-order chi connectivity index (χ1) is 10.3. The molecule has 0 aromatic heterocycles. The summed E-state index contributed by atoms with van der Waals surface area (Å²) in [5.41, 5.74) is 1.09. The summed E-state index contributed by atoms with van der Waals surface area (Å²) in [6.07, 6.45) is 12.8. The Hall–Kier alpha value is -1.02. The van der Waals surface area contributed by atoms with Crippen molar-refractivity contribution in [3.8, 4) is 5.75 Å². The average Bonchev–Trinajstić information content (AvgIpc) is 3.08. The Balaban J connectivity index is 0.000000369. The molecule has 0 saturated carbocycles. The predicted molar refractivity (Wildman–Crippen MR) is 89.9 cm³/mol. The van der Waals surface area contributed by atoms with Crippen molar-refractivity contribution in [2.24, 2.45) is 0 Å². The third-order valence-corrected chi connectivity index (χ3v) is 3.87. The van der Waals surface area contributed by atoms with Crippen LogP contribution < -0.4 is 0 Å². The van der Waals surface area contributed by atoms with Gasteiger partial charge in [0.1, 0.15) is 5.75 Å². The molecule has 0 aliphatic carbocycles. The van der Waals surface area contributed by atoms with E-state index in [2.05, 4.69) is 6.92 Å². The summed E-state index contributed by atoms with van der Waals surface area (Å²) in [6, 6.07) is 7.67. The molecule has 2 rings (SSSR count). The highest BCUT2D eigenvalue weighted by Crippen LogP contribution is 2.18. The number of phenols is 1. The maximum Gasteiger partial charge on any atom is 0.118 e. The van der Waals surface area contributed by atoms with Gasteiger partial charge in [0, 0.05) is 13.2 Å². The van der Waals surface area contributed by atoms with E-state index in [4.69, 9.17) is 4.74 Å². The lowest BCUT2D eigenvalue weighted by atomic mass is 10.0. The second-order valence-electron chi connectivity index (χ2n) is 5.82. The molecule has 1 aliphatic rings. The SMILES string of the molecule is C1CCOC1.CCCCCCCCCc1ccccc1O. The van der Waals surface area contributed by atoms with Crippen LogP contribution in [0.25, 0.3) is 0 Å². The van der Waals surface area contributed by atoms with Gasteiger partial charge in [0.15, 0.2) is 0 Å². The monoisotopic (exact) mass is 292 g/mol. The number of ether oxygens (including phenoxy) is 1. The van der Waals surface area contributed by atoms with Crippen molar-refractivity contribution in [3.05, 3.63) is 29.8 Å². The molecular weight excluding hydrogens is 260 g/mol. The van der Waals surface area contributed by atoms with Crippen LogP contribution in [0, 0.1) is 0 Å². The molecule has 21 heavy (non-hydrogen) atoms. The number of benzene rings is 1. The van der Waals surface area contributed by atoms with E-state index in [1.807, 2.05) is 18.2 Å². The van der Waals surface area contributed by atoms with Crippen LogP contribution in [0.1, 0.15) is 70.3 Å². The van der Waals surface area contributed by atoms with Crippen LogP contribution in [0.3, 0.4) is 0 Å². The summed E-state index contributed by atoms with van der Waals surface area (Å²) in [6.45, 7) is 4.25. The molecule has 1 heterocycles. The van der Waals surface area contributed by atoms with E-state index in [9.17, 15) is 5.11 Å². The Bertz CT molecular complexity index is 338. The Morgan fingerprint density at radius 2 is 1.52 bits per heavy atom. The number of hydrogen-bond acceptors (Lipinski definition) is 2. The fraction of sp³-hybridized carbons (Fsp3) is 0.684. The maximum atomic E-state index is 9.58. The number of aryl methyl sites for hydroxylation is 1. The normalized spacial score (nSPS) is 13.8. The summed E-state index contributed by atoms with van der Waals surface area (Å²) in [7, 11) is 0. The second-order valence-corrected chi connectivity index (χ2v) is 5.82. The summed E-state index contributed by atoms with van der Waals surface area (Å²) < 4.78 is 4.94. The van der Waals surface area contributed by atoms with E-state index in [0.717, 1.165) is 25.2 Å². The summed E-state index contributed by atoms with van der Waals surface area (Å²) in [5, 5.41) is 9.58. The number of hydrogen-bond donors (Lipinski definition) is 1. The van der Waals surface area contributed by atoms with Crippen molar-refractivity contribution in [2.45, 2.75) is 71.1 Å².